The maximum atomic E-state index is 13.3. The van der Waals surface area contributed by atoms with Gasteiger partial charge in [-0.15, -0.1) is 0 Å². The molecule has 13 heteroatoms. The van der Waals surface area contributed by atoms with Crippen LogP contribution >= 0.6 is 11.6 Å². The van der Waals surface area contributed by atoms with E-state index >= 15 is 0 Å². The fourth-order valence-electron chi connectivity index (χ4n) is 3.28. The molecule has 0 aliphatic carbocycles. The fraction of sp³-hybridized carbons (Fsp3) is 0.167. The second-order valence-corrected chi connectivity index (χ2v) is 8.13. The van der Waals surface area contributed by atoms with Crippen LogP contribution in [0.4, 0.5) is 5.69 Å². The van der Waals surface area contributed by atoms with E-state index in [-0.39, 0.29) is 25.3 Å². The van der Waals surface area contributed by atoms with Gasteiger partial charge in [-0.05, 0) is 42.0 Å². The van der Waals surface area contributed by atoms with E-state index < -0.39 is 23.8 Å². The molecule has 3 N–H and O–H groups in total. The molecule has 0 radical (unpaired) electrons. The standard InChI is InChI=1S/C24H22ClN7O5/c25-17-3-1-16(2-4-17)14-31-22(30-23(35)32(24(31)36)15-21(34)26-11-12-33)29-18-5-7-19(8-6-18)37-20-9-10-27-28-13-20/h1-10,13,33H,11-12,14-15H2,(H,26,34)(H,29,30,35). The molecule has 0 saturated heterocycles. The molecule has 0 bridgehead atoms. The van der Waals surface area contributed by atoms with Gasteiger partial charge in [-0.25, -0.2) is 19.1 Å². The molecule has 0 spiro atoms. The Hall–Kier alpha value is -4.55. The first-order chi connectivity index (χ1) is 17.9. The largest absolute Gasteiger partial charge is 0.456 e. The summed E-state index contributed by atoms with van der Waals surface area (Å²) in [5, 5.41) is 19.3. The minimum absolute atomic E-state index is 0.00105. The topological polar surface area (TPSA) is 156 Å². The number of nitrogens with one attached hydrogen (secondary N) is 2. The second kappa shape index (κ2) is 11.9. The zero-order valence-electron chi connectivity index (χ0n) is 19.4. The number of H-pyrrole nitrogens is 1. The quantitative estimate of drug-likeness (QED) is 0.295. The number of hydrogen-bond donors (Lipinski definition) is 3. The van der Waals surface area contributed by atoms with Crippen molar-refractivity contribution >= 4 is 23.2 Å². The number of ether oxygens (including phenoxy) is 1. The third-order valence-corrected chi connectivity index (χ3v) is 5.29. The van der Waals surface area contributed by atoms with Gasteiger partial charge in [0.2, 0.25) is 11.5 Å². The highest BCUT2D eigenvalue weighted by molar-refractivity contribution is 6.30. The summed E-state index contributed by atoms with van der Waals surface area (Å²) in [6.07, 6.45) is 2.98. The van der Waals surface area contributed by atoms with Gasteiger partial charge < -0.3 is 15.2 Å². The molecule has 1 amide bonds. The number of rotatable bonds is 9. The molecule has 4 rings (SSSR count). The second-order valence-electron chi connectivity index (χ2n) is 7.69. The molecular formula is C24H22ClN7O5. The van der Waals surface area contributed by atoms with Crippen molar-refractivity contribution in [1.82, 2.24) is 29.6 Å². The number of aliphatic hydroxyl groups is 1. The number of carbonyl (C=O) groups is 1. The lowest BCUT2D eigenvalue weighted by molar-refractivity contribution is -0.122. The summed E-state index contributed by atoms with van der Waals surface area (Å²) in [6.45, 7) is -0.735. The Labute approximate surface area is 214 Å². The van der Waals surface area contributed by atoms with Gasteiger partial charge in [0.05, 0.1) is 31.2 Å². The zero-order valence-corrected chi connectivity index (χ0v) is 20.1. The summed E-state index contributed by atoms with van der Waals surface area (Å²) >= 11 is 5.98. The summed E-state index contributed by atoms with van der Waals surface area (Å²) < 4.78 is 7.70. The van der Waals surface area contributed by atoms with Gasteiger partial charge in [-0.2, -0.15) is 10.2 Å². The molecule has 0 atom stereocenters. The monoisotopic (exact) mass is 523 g/mol. The normalized spacial score (nSPS) is 11.4. The van der Waals surface area contributed by atoms with E-state index in [0.717, 1.165) is 10.1 Å². The molecule has 12 nitrogen and oxygen atoms in total. The summed E-state index contributed by atoms with van der Waals surface area (Å²) in [6, 6.07) is 15.2. The molecule has 0 aliphatic rings. The third-order valence-electron chi connectivity index (χ3n) is 5.04. The molecule has 2 aromatic carbocycles. The molecule has 37 heavy (non-hydrogen) atoms. The van der Waals surface area contributed by atoms with Crippen molar-refractivity contribution in [3.05, 3.63) is 104 Å². The van der Waals surface area contributed by atoms with E-state index in [1.807, 2.05) is 0 Å². The van der Waals surface area contributed by atoms with Crippen molar-refractivity contribution in [2.45, 2.75) is 13.1 Å². The summed E-state index contributed by atoms with van der Waals surface area (Å²) in [5.41, 5.74) is -0.384. The van der Waals surface area contributed by atoms with Crippen LogP contribution in [0.2, 0.25) is 5.02 Å². The Balaban J connectivity index is 1.72. The van der Waals surface area contributed by atoms with Crippen LogP contribution in [0.25, 0.3) is 0 Å². The maximum absolute atomic E-state index is 13.3. The predicted octanol–water partition coefficient (Wildman–Crippen LogP) is 0.963. The number of benzene rings is 2. The minimum Gasteiger partial charge on any atom is -0.456 e. The Morgan fingerprint density at radius 1 is 1.03 bits per heavy atom. The lowest BCUT2D eigenvalue weighted by atomic mass is 10.2. The van der Waals surface area contributed by atoms with Gasteiger partial charge in [0.1, 0.15) is 18.0 Å². The van der Waals surface area contributed by atoms with Crippen LogP contribution in [0.3, 0.4) is 0 Å². The van der Waals surface area contributed by atoms with Crippen LogP contribution in [0, 0.1) is 0 Å². The average molecular weight is 524 g/mol. The van der Waals surface area contributed by atoms with Crippen LogP contribution in [-0.4, -0.2) is 48.5 Å². The molecular weight excluding hydrogens is 502 g/mol. The van der Waals surface area contributed by atoms with Crippen molar-refractivity contribution in [2.24, 2.45) is 4.99 Å². The Kier molecular flexibility index (Phi) is 8.23. The van der Waals surface area contributed by atoms with Gasteiger partial charge in [-0.1, -0.05) is 23.7 Å². The van der Waals surface area contributed by atoms with Gasteiger partial charge in [0, 0.05) is 17.6 Å². The van der Waals surface area contributed by atoms with Gasteiger partial charge in [0.25, 0.3) is 0 Å². The minimum atomic E-state index is -0.805. The van der Waals surface area contributed by atoms with Crippen molar-refractivity contribution < 1.29 is 14.6 Å². The zero-order chi connectivity index (χ0) is 26.2. The Bertz CT molecular complexity index is 1550. The molecule has 0 aliphatic heterocycles. The highest BCUT2D eigenvalue weighted by Crippen LogP contribution is 2.22. The number of carbonyl (C=O) groups excluding carboxylic acids is 1. The first-order valence-electron chi connectivity index (χ1n) is 11.1. The summed E-state index contributed by atoms with van der Waals surface area (Å²) in [5.74, 6) is 0.444. The number of aromatic amines is 1. The predicted molar refractivity (Wildman–Crippen MR) is 134 cm³/mol. The van der Waals surface area contributed by atoms with E-state index in [0.29, 0.717) is 22.2 Å². The highest BCUT2D eigenvalue weighted by atomic mass is 35.5. The van der Waals surface area contributed by atoms with E-state index in [2.05, 4.69) is 25.5 Å². The summed E-state index contributed by atoms with van der Waals surface area (Å²) in [7, 11) is 0. The number of amides is 1. The summed E-state index contributed by atoms with van der Waals surface area (Å²) in [4.78, 5) is 45.2. The fourth-order valence-corrected chi connectivity index (χ4v) is 3.40. The van der Waals surface area contributed by atoms with Crippen LogP contribution in [-0.2, 0) is 17.9 Å². The third kappa shape index (κ3) is 6.78. The maximum Gasteiger partial charge on any atom is 0.335 e. The molecule has 0 saturated carbocycles. The van der Waals surface area contributed by atoms with Crippen molar-refractivity contribution in [3.8, 4) is 11.5 Å². The van der Waals surface area contributed by atoms with Crippen molar-refractivity contribution in [2.75, 3.05) is 13.2 Å². The van der Waals surface area contributed by atoms with Crippen LogP contribution in [0.15, 0.2) is 81.6 Å². The van der Waals surface area contributed by atoms with Crippen molar-refractivity contribution in [3.63, 3.8) is 0 Å². The molecule has 2 heterocycles. The van der Waals surface area contributed by atoms with Crippen LogP contribution < -0.4 is 27.1 Å². The molecule has 190 valence electrons. The lowest BCUT2D eigenvalue weighted by Gasteiger charge is -2.11. The molecule has 0 unspecified atom stereocenters. The molecule has 0 fully saturated rings. The first kappa shape index (κ1) is 25.5. The number of nitrogens with zero attached hydrogens (tertiary/aromatic N) is 5. The SMILES string of the molecule is O=C(Cn1c(=O)[nH]/c(=N\c2ccc(Oc3ccnnc3)cc2)n(Cc2ccc(Cl)cc2)c1=O)NCCO. The van der Waals surface area contributed by atoms with Crippen LogP contribution in [0.5, 0.6) is 11.5 Å². The Morgan fingerprint density at radius 2 is 1.78 bits per heavy atom. The lowest BCUT2D eigenvalue weighted by Crippen LogP contribution is -2.51. The number of aromatic nitrogens is 5. The molecule has 4 aromatic rings. The first-order valence-corrected chi connectivity index (χ1v) is 11.5. The van der Waals surface area contributed by atoms with E-state index in [9.17, 15) is 14.4 Å². The smallest absolute Gasteiger partial charge is 0.335 e. The van der Waals surface area contributed by atoms with E-state index in [1.165, 1.54) is 17.0 Å². The number of aliphatic hydroxyl groups excluding tert-OH is 1. The van der Waals surface area contributed by atoms with Crippen LogP contribution in [0.1, 0.15) is 5.56 Å². The van der Waals surface area contributed by atoms with Gasteiger partial charge >= 0.3 is 11.4 Å². The average Bonchev–Trinajstić information content (AvgIpc) is 2.90. The van der Waals surface area contributed by atoms with E-state index in [1.54, 1.807) is 54.6 Å². The van der Waals surface area contributed by atoms with E-state index in [4.69, 9.17) is 21.4 Å². The van der Waals surface area contributed by atoms with Crippen molar-refractivity contribution in [1.29, 1.82) is 0 Å². The highest BCUT2D eigenvalue weighted by Gasteiger charge is 2.13. The van der Waals surface area contributed by atoms with Gasteiger partial charge in [-0.3, -0.25) is 14.3 Å². The number of halogens is 1. The Morgan fingerprint density at radius 3 is 2.46 bits per heavy atom. The molecule has 2 aromatic heterocycles. The number of hydrogen-bond acceptors (Lipinski definition) is 8. The van der Waals surface area contributed by atoms with Gasteiger partial charge in [0.15, 0.2) is 0 Å².